The predicted molar refractivity (Wildman–Crippen MR) is 77.2 cm³/mol. The molecule has 1 aliphatic heterocycles. The molecule has 0 saturated carbocycles. The molecule has 1 amide bonds. The fourth-order valence-electron chi connectivity index (χ4n) is 2.75. The molecule has 19 heavy (non-hydrogen) atoms. The molecule has 1 fully saturated rings. The Morgan fingerprint density at radius 2 is 2.26 bits per heavy atom. The van der Waals surface area contributed by atoms with Crippen molar-refractivity contribution in [2.24, 2.45) is 5.92 Å². The van der Waals surface area contributed by atoms with Gasteiger partial charge < -0.3 is 15.4 Å². The maximum Gasteiger partial charge on any atom is 0.234 e. The first-order valence-electron chi connectivity index (χ1n) is 7.36. The van der Waals surface area contributed by atoms with Crippen LogP contribution in [0, 0.1) is 5.92 Å². The van der Waals surface area contributed by atoms with Crippen molar-refractivity contribution in [3.8, 4) is 0 Å². The van der Waals surface area contributed by atoms with E-state index in [1.165, 1.54) is 0 Å². The highest BCUT2D eigenvalue weighted by atomic mass is 16.5. The Morgan fingerprint density at radius 3 is 2.89 bits per heavy atom. The monoisotopic (exact) mass is 271 g/mol. The van der Waals surface area contributed by atoms with Gasteiger partial charge in [-0.3, -0.25) is 9.69 Å². The van der Waals surface area contributed by atoms with Crippen molar-refractivity contribution >= 4 is 5.91 Å². The van der Waals surface area contributed by atoms with Crippen molar-refractivity contribution in [3.05, 3.63) is 0 Å². The fraction of sp³-hybridized carbons (Fsp3) is 0.929. The summed E-state index contributed by atoms with van der Waals surface area (Å²) in [6, 6.07) is 0.603. The normalized spacial score (nSPS) is 24.4. The van der Waals surface area contributed by atoms with Crippen molar-refractivity contribution in [2.75, 3.05) is 46.9 Å². The van der Waals surface area contributed by atoms with Gasteiger partial charge in [-0.2, -0.15) is 0 Å². The summed E-state index contributed by atoms with van der Waals surface area (Å²) < 4.78 is 4.96. The van der Waals surface area contributed by atoms with Gasteiger partial charge in [-0.15, -0.1) is 0 Å². The number of ether oxygens (including phenoxy) is 1. The number of hydrogen-bond donors (Lipinski definition) is 2. The molecule has 0 aromatic rings. The van der Waals surface area contributed by atoms with Gasteiger partial charge >= 0.3 is 0 Å². The molecule has 112 valence electrons. The highest BCUT2D eigenvalue weighted by Gasteiger charge is 2.27. The summed E-state index contributed by atoms with van der Waals surface area (Å²) in [6.45, 7) is 6.19. The molecular weight excluding hydrogens is 242 g/mol. The van der Waals surface area contributed by atoms with Gasteiger partial charge in [-0.05, 0) is 25.8 Å². The molecule has 1 saturated heterocycles. The molecule has 1 aliphatic rings. The molecule has 1 rings (SSSR count). The lowest BCUT2D eigenvalue weighted by molar-refractivity contribution is -0.122. The zero-order chi connectivity index (χ0) is 14.1. The van der Waals surface area contributed by atoms with Crippen molar-refractivity contribution in [2.45, 2.75) is 32.2 Å². The van der Waals surface area contributed by atoms with Crippen LogP contribution in [0.15, 0.2) is 0 Å². The van der Waals surface area contributed by atoms with E-state index < -0.39 is 0 Å². The number of amides is 1. The Kier molecular flexibility index (Phi) is 8.02. The van der Waals surface area contributed by atoms with Gasteiger partial charge in [0, 0.05) is 39.4 Å². The second-order valence-electron chi connectivity index (χ2n) is 5.28. The molecule has 0 spiro atoms. The van der Waals surface area contributed by atoms with Crippen LogP contribution in [-0.4, -0.2) is 63.8 Å². The molecule has 0 bridgehead atoms. The lowest BCUT2D eigenvalue weighted by atomic mass is 9.90. The van der Waals surface area contributed by atoms with E-state index in [9.17, 15) is 4.79 Å². The van der Waals surface area contributed by atoms with Crippen LogP contribution in [-0.2, 0) is 9.53 Å². The van der Waals surface area contributed by atoms with Crippen LogP contribution in [0.25, 0.3) is 0 Å². The summed E-state index contributed by atoms with van der Waals surface area (Å²) in [7, 11) is 3.71. The molecule has 0 aliphatic carbocycles. The molecule has 0 aromatic heterocycles. The van der Waals surface area contributed by atoms with Crippen molar-refractivity contribution < 1.29 is 9.53 Å². The molecule has 1 heterocycles. The predicted octanol–water partition coefficient (Wildman–Crippen LogP) is 0.459. The van der Waals surface area contributed by atoms with Crippen LogP contribution in [0.3, 0.4) is 0 Å². The number of piperidine rings is 1. The minimum Gasteiger partial charge on any atom is -0.385 e. The SMILES string of the molecule is CCC1CN(CC(=O)NCCCOC)CCC1NC. The third kappa shape index (κ3) is 5.89. The molecule has 5 nitrogen and oxygen atoms in total. The largest absolute Gasteiger partial charge is 0.385 e. The van der Waals surface area contributed by atoms with Gasteiger partial charge in [0.2, 0.25) is 5.91 Å². The standard InChI is InChI=1S/C14H29N3O2/c1-4-12-10-17(8-6-13(12)15-2)11-14(18)16-7-5-9-19-3/h12-13,15H,4-11H2,1-3H3,(H,16,18). The molecule has 2 N–H and O–H groups in total. The van der Waals surface area contributed by atoms with Crippen LogP contribution < -0.4 is 10.6 Å². The highest BCUT2D eigenvalue weighted by Crippen LogP contribution is 2.19. The molecule has 2 unspecified atom stereocenters. The first-order valence-corrected chi connectivity index (χ1v) is 7.36. The van der Waals surface area contributed by atoms with Gasteiger partial charge in [0.05, 0.1) is 6.54 Å². The summed E-state index contributed by atoms with van der Waals surface area (Å²) in [4.78, 5) is 14.1. The summed E-state index contributed by atoms with van der Waals surface area (Å²) >= 11 is 0. The second kappa shape index (κ2) is 9.28. The maximum atomic E-state index is 11.8. The Bertz CT molecular complexity index is 261. The van der Waals surface area contributed by atoms with Crippen molar-refractivity contribution in [3.63, 3.8) is 0 Å². The number of nitrogens with zero attached hydrogens (tertiary/aromatic N) is 1. The quantitative estimate of drug-likeness (QED) is 0.630. The fourth-order valence-corrected chi connectivity index (χ4v) is 2.75. The highest BCUT2D eigenvalue weighted by molar-refractivity contribution is 5.77. The van der Waals surface area contributed by atoms with E-state index in [2.05, 4.69) is 22.5 Å². The Labute approximate surface area is 117 Å². The van der Waals surface area contributed by atoms with Crippen LogP contribution in [0.4, 0.5) is 0 Å². The van der Waals surface area contributed by atoms with Gasteiger partial charge in [0.1, 0.15) is 0 Å². The second-order valence-corrected chi connectivity index (χ2v) is 5.28. The zero-order valence-corrected chi connectivity index (χ0v) is 12.6. The number of likely N-dealkylation sites (tertiary alicyclic amines) is 1. The van der Waals surface area contributed by atoms with Gasteiger partial charge in [0.25, 0.3) is 0 Å². The number of hydrogen-bond acceptors (Lipinski definition) is 4. The average Bonchev–Trinajstić information content (AvgIpc) is 2.43. The number of nitrogens with one attached hydrogen (secondary N) is 2. The van der Waals surface area contributed by atoms with E-state index in [1.54, 1.807) is 7.11 Å². The molecule has 0 radical (unpaired) electrons. The zero-order valence-electron chi connectivity index (χ0n) is 12.6. The first-order chi connectivity index (χ1) is 9.21. The average molecular weight is 271 g/mol. The van der Waals surface area contributed by atoms with Crippen LogP contribution >= 0.6 is 0 Å². The van der Waals surface area contributed by atoms with E-state index in [4.69, 9.17) is 4.74 Å². The van der Waals surface area contributed by atoms with Crippen molar-refractivity contribution in [1.29, 1.82) is 0 Å². The number of rotatable bonds is 8. The Morgan fingerprint density at radius 1 is 1.47 bits per heavy atom. The number of carbonyl (C=O) groups is 1. The Hall–Kier alpha value is -0.650. The van der Waals surface area contributed by atoms with Gasteiger partial charge in [-0.1, -0.05) is 13.3 Å². The van der Waals surface area contributed by atoms with E-state index >= 15 is 0 Å². The third-order valence-electron chi connectivity index (χ3n) is 3.93. The summed E-state index contributed by atoms with van der Waals surface area (Å²) in [6.07, 6.45) is 3.17. The molecular formula is C14H29N3O2. The third-order valence-corrected chi connectivity index (χ3v) is 3.93. The lowest BCUT2D eigenvalue weighted by Crippen LogP contribution is -2.50. The number of carbonyl (C=O) groups excluding carboxylic acids is 1. The lowest BCUT2D eigenvalue weighted by Gasteiger charge is -2.37. The van der Waals surface area contributed by atoms with E-state index in [0.29, 0.717) is 31.7 Å². The van der Waals surface area contributed by atoms with Crippen LogP contribution in [0.1, 0.15) is 26.2 Å². The summed E-state index contributed by atoms with van der Waals surface area (Å²) in [5, 5.41) is 6.33. The Balaban J connectivity index is 2.23. The topological polar surface area (TPSA) is 53.6 Å². The molecule has 0 aromatic carbocycles. The van der Waals surface area contributed by atoms with Crippen LogP contribution in [0.2, 0.25) is 0 Å². The minimum atomic E-state index is 0.133. The number of methoxy groups -OCH3 is 1. The van der Waals surface area contributed by atoms with E-state index in [0.717, 1.165) is 32.4 Å². The smallest absolute Gasteiger partial charge is 0.234 e. The van der Waals surface area contributed by atoms with E-state index in [-0.39, 0.29) is 5.91 Å². The van der Waals surface area contributed by atoms with Gasteiger partial charge in [0.15, 0.2) is 0 Å². The van der Waals surface area contributed by atoms with E-state index in [1.807, 2.05) is 7.05 Å². The van der Waals surface area contributed by atoms with Crippen molar-refractivity contribution in [1.82, 2.24) is 15.5 Å². The summed E-state index contributed by atoms with van der Waals surface area (Å²) in [5.41, 5.74) is 0. The minimum absolute atomic E-state index is 0.133. The van der Waals surface area contributed by atoms with Gasteiger partial charge in [-0.25, -0.2) is 0 Å². The summed E-state index contributed by atoms with van der Waals surface area (Å²) in [5.74, 6) is 0.786. The molecule has 5 heteroatoms. The molecule has 2 atom stereocenters. The maximum absolute atomic E-state index is 11.8. The van der Waals surface area contributed by atoms with Crippen LogP contribution in [0.5, 0.6) is 0 Å². The first kappa shape index (κ1) is 16.4.